The largest absolute Gasteiger partial charge is 0.351 e. The Hall–Kier alpha value is -1.36. The summed E-state index contributed by atoms with van der Waals surface area (Å²) in [6, 6.07) is 1.95. The van der Waals surface area contributed by atoms with Crippen LogP contribution in [0.3, 0.4) is 0 Å². The van der Waals surface area contributed by atoms with Crippen LogP contribution >= 0.6 is 0 Å². The van der Waals surface area contributed by atoms with Gasteiger partial charge in [-0.1, -0.05) is 11.6 Å². The predicted molar refractivity (Wildman–Crippen MR) is 54.5 cm³/mol. The molecule has 1 aromatic rings. The first-order valence-electron chi connectivity index (χ1n) is 5.28. The standard InChI is InChI=1S/C10H15N3O2/c14-10(9-4-6-13-15-9)12-7-8-3-1-2-5-11-8/h4,6,8,11H,1-3,5,7H2,(H,12,14). The molecule has 0 bridgehead atoms. The summed E-state index contributed by atoms with van der Waals surface area (Å²) in [6.45, 7) is 1.70. The summed E-state index contributed by atoms with van der Waals surface area (Å²) in [5.74, 6) is 0.0747. The molecule has 0 saturated carbocycles. The molecular formula is C10H15N3O2. The molecule has 1 atom stereocenters. The lowest BCUT2D eigenvalue weighted by molar-refractivity contribution is 0.0911. The van der Waals surface area contributed by atoms with Crippen molar-refractivity contribution in [2.45, 2.75) is 25.3 Å². The Morgan fingerprint density at radius 2 is 2.60 bits per heavy atom. The molecule has 1 aliphatic rings. The Balaban J connectivity index is 1.75. The predicted octanol–water partition coefficient (Wildman–Crippen LogP) is 0.546. The second kappa shape index (κ2) is 4.93. The van der Waals surface area contributed by atoms with Gasteiger partial charge < -0.3 is 15.2 Å². The minimum Gasteiger partial charge on any atom is -0.351 e. The maximum Gasteiger partial charge on any atom is 0.289 e. The molecule has 0 radical (unpaired) electrons. The number of aromatic nitrogens is 1. The number of hydrogen-bond donors (Lipinski definition) is 2. The molecule has 1 unspecified atom stereocenters. The maximum atomic E-state index is 11.5. The number of hydrogen-bond acceptors (Lipinski definition) is 4. The maximum absolute atomic E-state index is 11.5. The van der Waals surface area contributed by atoms with Gasteiger partial charge in [-0.05, 0) is 19.4 Å². The molecule has 1 saturated heterocycles. The van der Waals surface area contributed by atoms with E-state index in [1.54, 1.807) is 6.07 Å². The van der Waals surface area contributed by atoms with E-state index >= 15 is 0 Å². The van der Waals surface area contributed by atoms with Gasteiger partial charge in [0.25, 0.3) is 5.91 Å². The number of nitrogens with one attached hydrogen (secondary N) is 2. The Morgan fingerprint density at radius 3 is 3.27 bits per heavy atom. The summed E-state index contributed by atoms with van der Waals surface area (Å²) >= 11 is 0. The fourth-order valence-corrected chi connectivity index (χ4v) is 1.73. The van der Waals surface area contributed by atoms with Crippen molar-refractivity contribution >= 4 is 5.91 Å². The van der Waals surface area contributed by atoms with Gasteiger partial charge in [0.15, 0.2) is 0 Å². The highest BCUT2D eigenvalue weighted by Crippen LogP contribution is 2.06. The van der Waals surface area contributed by atoms with Gasteiger partial charge in [-0.2, -0.15) is 0 Å². The molecule has 0 aliphatic carbocycles. The smallest absolute Gasteiger partial charge is 0.289 e. The molecule has 2 heterocycles. The molecule has 1 amide bonds. The van der Waals surface area contributed by atoms with Crippen molar-refractivity contribution in [1.29, 1.82) is 0 Å². The van der Waals surface area contributed by atoms with E-state index in [9.17, 15) is 4.79 Å². The number of rotatable bonds is 3. The first-order valence-corrected chi connectivity index (χ1v) is 5.28. The molecule has 2 N–H and O–H groups in total. The Bertz CT molecular complexity index is 304. The molecule has 82 valence electrons. The van der Waals surface area contributed by atoms with E-state index in [-0.39, 0.29) is 11.7 Å². The van der Waals surface area contributed by atoms with Gasteiger partial charge in [-0.25, -0.2) is 0 Å². The van der Waals surface area contributed by atoms with Crippen molar-refractivity contribution in [3.63, 3.8) is 0 Å². The van der Waals surface area contributed by atoms with Gasteiger partial charge >= 0.3 is 0 Å². The number of carbonyl (C=O) groups excluding carboxylic acids is 1. The fourth-order valence-electron chi connectivity index (χ4n) is 1.73. The Labute approximate surface area is 88.2 Å². The molecule has 5 heteroatoms. The van der Waals surface area contributed by atoms with Crippen molar-refractivity contribution in [3.05, 3.63) is 18.0 Å². The zero-order valence-electron chi connectivity index (χ0n) is 8.53. The lowest BCUT2D eigenvalue weighted by atomic mass is 10.1. The van der Waals surface area contributed by atoms with E-state index in [4.69, 9.17) is 4.52 Å². The number of amides is 1. The molecular weight excluding hydrogens is 194 g/mol. The van der Waals surface area contributed by atoms with E-state index in [1.165, 1.54) is 19.0 Å². The van der Waals surface area contributed by atoms with E-state index in [0.29, 0.717) is 12.6 Å². The zero-order chi connectivity index (χ0) is 10.5. The van der Waals surface area contributed by atoms with Crippen LogP contribution in [-0.2, 0) is 0 Å². The average Bonchev–Trinajstić information content (AvgIpc) is 2.81. The van der Waals surface area contributed by atoms with Crippen molar-refractivity contribution in [3.8, 4) is 0 Å². The second-order valence-electron chi connectivity index (χ2n) is 3.73. The van der Waals surface area contributed by atoms with Crippen LogP contribution in [0, 0.1) is 0 Å². The number of carbonyl (C=O) groups is 1. The van der Waals surface area contributed by atoms with Crippen LogP contribution < -0.4 is 10.6 Å². The van der Waals surface area contributed by atoms with Gasteiger partial charge in [0.2, 0.25) is 5.76 Å². The minimum atomic E-state index is -0.195. The van der Waals surface area contributed by atoms with Crippen LogP contribution in [0.2, 0.25) is 0 Å². The summed E-state index contributed by atoms with van der Waals surface area (Å²) in [4.78, 5) is 11.5. The Morgan fingerprint density at radius 1 is 1.67 bits per heavy atom. The molecule has 1 fully saturated rings. The lowest BCUT2D eigenvalue weighted by Crippen LogP contribution is -2.43. The normalized spacial score (nSPS) is 21.2. The average molecular weight is 209 g/mol. The van der Waals surface area contributed by atoms with Gasteiger partial charge in [0.05, 0.1) is 6.20 Å². The third-order valence-corrected chi connectivity index (χ3v) is 2.58. The topological polar surface area (TPSA) is 67.2 Å². The van der Waals surface area contributed by atoms with Crippen molar-refractivity contribution in [1.82, 2.24) is 15.8 Å². The van der Waals surface area contributed by atoms with Crippen molar-refractivity contribution in [2.75, 3.05) is 13.1 Å². The molecule has 0 spiro atoms. The minimum absolute atomic E-state index is 0.195. The van der Waals surface area contributed by atoms with Crippen LogP contribution in [-0.4, -0.2) is 30.2 Å². The molecule has 1 aromatic heterocycles. The summed E-state index contributed by atoms with van der Waals surface area (Å²) < 4.78 is 4.75. The third kappa shape index (κ3) is 2.79. The van der Waals surface area contributed by atoms with Crippen LogP contribution in [0.25, 0.3) is 0 Å². The quantitative estimate of drug-likeness (QED) is 0.762. The summed E-state index contributed by atoms with van der Waals surface area (Å²) in [6.07, 6.45) is 5.05. The first kappa shape index (κ1) is 10.2. The van der Waals surface area contributed by atoms with Crippen molar-refractivity contribution < 1.29 is 9.32 Å². The Kier molecular flexibility index (Phi) is 3.34. The summed E-state index contributed by atoms with van der Waals surface area (Å²) in [5, 5.41) is 9.66. The van der Waals surface area contributed by atoms with Crippen LogP contribution in [0.5, 0.6) is 0 Å². The lowest BCUT2D eigenvalue weighted by Gasteiger charge is -2.23. The van der Waals surface area contributed by atoms with E-state index in [0.717, 1.165) is 13.0 Å². The monoisotopic (exact) mass is 209 g/mol. The molecule has 5 nitrogen and oxygen atoms in total. The molecule has 0 aromatic carbocycles. The third-order valence-electron chi connectivity index (χ3n) is 2.58. The van der Waals surface area contributed by atoms with Crippen LogP contribution in [0.15, 0.2) is 16.8 Å². The number of nitrogens with zero attached hydrogens (tertiary/aromatic N) is 1. The van der Waals surface area contributed by atoms with Crippen LogP contribution in [0.1, 0.15) is 29.8 Å². The SMILES string of the molecule is O=C(NCC1CCCCN1)c1ccno1. The van der Waals surface area contributed by atoms with Crippen LogP contribution in [0.4, 0.5) is 0 Å². The second-order valence-corrected chi connectivity index (χ2v) is 3.73. The van der Waals surface area contributed by atoms with Gasteiger partial charge in [-0.3, -0.25) is 4.79 Å². The van der Waals surface area contributed by atoms with E-state index in [1.807, 2.05) is 0 Å². The molecule has 15 heavy (non-hydrogen) atoms. The van der Waals surface area contributed by atoms with E-state index < -0.39 is 0 Å². The highest BCUT2D eigenvalue weighted by molar-refractivity contribution is 5.91. The van der Waals surface area contributed by atoms with Gasteiger partial charge in [0.1, 0.15) is 0 Å². The summed E-state index contributed by atoms with van der Waals surface area (Å²) in [5.41, 5.74) is 0. The van der Waals surface area contributed by atoms with Gasteiger partial charge in [0, 0.05) is 18.7 Å². The zero-order valence-corrected chi connectivity index (χ0v) is 8.53. The van der Waals surface area contributed by atoms with E-state index in [2.05, 4.69) is 15.8 Å². The van der Waals surface area contributed by atoms with Crippen molar-refractivity contribution in [2.24, 2.45) is 0 Å². The molecule has 2 rings (SSSR count). The fraction of sp³-hybridized carbons (Fsp3) is 0.600. The summed E-state index contributed by atoms with van der Waals surface area (Å²) in [7, 11) is 0. The molecule has 1 aliphatic heterocycles. The first-order chi connectivity index (χ1) is 7.36. The highest BCUT2D eigenvalue weighted by atomic mass is 16.5. The van der Waals surface area contributed by atoms with Gasteiger partial charge in [-0.15, -0.1) is 0 Å². The number of piperidine rings is 1. The highest BCUT2D eigenvalue weighted by Gasteiger charge is 2.15.